The SMILES string of the molecule is CN1CC[C@]23c4c5cccc4O[C@H]2[C@@H](O)CC[C@H]3[C@H]1C5. The topological polar surface area (TPSA) is 32.7 Å². The lowest BCUT2D eigenvalue weighted by molar-refractivity contribution is -0.0991. The van der Waals surface area contributed by atoms with E-state index in [-0.39, 0.29) is 17.6 Å². The molecule has 2 aliphatic heterocycles. The number of piperidine rings is 1. The lowest BCUT2D eigenvalue weighted by Crippen LogP contribution is -2.66. The van der Waals surface area contributed by atoms with Gasteiger partial charge in [0.25, 0.3) is 0 Å². The van der Waals surface area contributed by atoms with Gasteiger partial charge in [0.1, 0.15) is 11.9 Å². The molecular weight excluding hydrogens is 250 g/mol. The van der Waals surface area contributed by atoms with Crippen molar-refractivity contribution < 1.29 is 9.84 Å². The van der Waals surface area contributed by atoms with Crippen molar-refractivity contribution in [2.24, 2.45) is 5.92 Å². The summed E-state index contributed by atoms with van der Waals surface area (Å²) in [5.74, 6) is 1.72. The first-order valence-electron chi connectivity index (χ1n) is 7.89. The van der Waals surface area contributed by atoms with Crippen LogP contribution in [0.1, 0.15) is 30.4 Å². The van der Waals surface area contributed by atoms with Crippen molar-refractivity contribution in [1.29, 1.82) is 0 Å². The molecule has 1 N–H and O–H groups in total. The summed E-state index contributed by atoms with van der Waals surface area (Å²) in [5, 5.41) is 10.5. The zero-order valence-corrected chi connectivity index (χ0v) is 11.9. The molecule has 1 saturated heterocycles. The number of aliphatic hydroxyl groups excluding tert-OH is 1. The molecule has 0 radical (unpaired) electrons. The van der Waals surface area contributed by atoms with Crippen LogP contribution in [0.15, 0.2) is 18.2 Å². The minimum Gasteiger partial charge on any atom is -0.486 e. The van der Waals surface area contributed by atoms with Crippen LogP contribution in [0.3, 0.4) is 0 Å². The molecule has 1 aromatic rings. The maximum absolute atomic E-state index is 10.5. The molecule has 4 aliphatic rings. The minimum absolute atomic E-state index is 0.00565. The van der Waals surface area contributed by atoms with Crippen LogP contribution >= 0.6 is 0 Å². The molecule has 1 saturated carbocycles. The van der Waals surface area contributed by atoms with E-state index in [4.69, 9.17) is 4.74 Å². The van der Waals surface area contributed by atoms with Crippen LogP contribution in [0.5, 0.6) is 5.75 Å². The van der Waals surface area contributed by atoms with E-state index in [0.29, 0.717) is 12.0 Å². The van der Waals surface area contributed by atoms with Gasteiger partial charge in [-0.2, -0.15) is 0 Å². The Morgan fingerprint density at radius 2 is 2.25 bits per heavy atom. The molecule has 2 fully saturated rings. The largest absolute Gasteiger partial charge is 0.486 e. The van der Waals surface area contributed by atoms with Gasteiger partial charge >= 0.3 is 0 Å². The van der Waals surface area contributed by atoms with Crippen LogP contribution in [0, 0.1) is 5.92 Å². The number of hydrogen-bond acceptors (Lipinski definition) is 3. The maximum atomic E-state index is 10.5. The van der Waals surface area contributed by atoms with E-state index in [1.54, 1.807) is 0 Å². The van der Waals surface area contributed by atoms with Gasteiger partial charge in [-0.1, -0.05) is 12.1 Å². The van der Waals surface area contributed by atoms with E-state index in [2.05, 4.69) is 30.1 Å². The van der Waals surface area contributed by atoms with Gasteiger partial charge in [0.15, 0.2) is 0 Å². The van der Waals surface area contributed by atoms with Gasteiger partial charge < -0.3 is 14.7 Å². The molecule has 0 aromatic heterocycles. The summed E-state index contributed by atoms with van der Waals surface area (Å²) in [6.07, 6.45) is 4.02. The van der Waals surface area contributed by atoms with E-state index in [9.17, 15) is 5.11 Å². The Kier molecular flexibility index (Phi) is 2.07. The van der Waals surface area contributed by atoms with Gasteiger partial charge in [0, 0.05) is 17.0 Å². The zero-order chi connectivity index (χ0) is 13.5. The van der Waals surface area contributed by atoms with E-state index in [1.165, 1.54) is 11.1 Å². The summed E-state index contributed by atoms with van der Waals surface area (Å²) < 4.78 is 6.26. The summed E-state index contributed by atoms with van der Waals surface area (Å²) in [6, 6.07) is 7.12. The zero-order valence-electron chi connectivity index (χ0n) is 11.9. The summed E-state index contributed by atoms with van der Waals surface area (Å²) in [4.78, 5) is 2.54. The van der Waals surface area contributed by atoms with Gasteiger partial charge in [-0.05, 0) is 56.8 Å². The number of aliphatic hydroxyl groups is 1. The van der Waals surface area contributed by atoms with E-state index in [1.807, 2.05) is 0 Å². The van der Waals surface area contributed by atoms with Gasteiger partial charge in [-0.15, -0.1) is 0 Å². The highest BCUT2D eigenvalue weighted by atomic mass is 16.5. The van der Waals surface area contributed by atoms with Gasteiger partial charge in [0.2, 0.25) is 0 Å². The molecule has 0 amide bonds. The van der Waals surface area contributed by atoms with Crippen molar-refractivity contribution in [2.75, 3.05) is 13.6 Å². The average Bonchev–Trinajstić information content (AvgIpc) is 2.79. The predicted molar refractivity (Wildman–Crippen MR) is 76.0 cm³/mol. The van der Waals surface area contributed by atoms with Crippen molar-refractivity contribution in [1.82, 2.24) is 4.90 Å². The number of likely N-dealkylation sites (N-methyl/N-ethyl adjacent to an activating group) is 1. The lowest BCUT2D eigenvalue weighted by Gasteiger charge is -2.58. The van der Waals surface area contributed by atoms with Gasteiger partial charge in [-0.3, -0.25) is 0 Å². The Balaban J connectivity index is 1.80. The summed E-state index contributed by atoms with van der Waals surface area (Å²) in [5.41, 5.74) is 3.02. The molecule has 1 spiro atoms. The second-order valence-corrected chi connectivity index (χ2v) is 7.12. The first kappa shape index (κ1) is 11.6. The van der Waals surface area contributed by atoms with Gasteiger partial charge in [-0.25, -0.2) is 0 Å². The third-order valence-electron chi connectivity index (χ3n) is 6.46. The second kappa shape index (κ2) is 3.58. The number of nitrogens with zero attached hydrogens (tertiary/aromatic N) is 1. The molecule has 1 aromatic carbocycles. The molecule has 2 heterocycles. The Labute approximate surface area is 119 Å². The summed E-state index contributed by atoms with van der Waals surface area (Å²) >= 11 is 0. The third-order valence-corrected chi connectivity index (χ3v) is 6.46. The third kappa shape index (κ3) is 1.12. The Hall–Kier alpha value is -1.06. The van der Waals surface area contributed by atoms with E-state index in [0.717, 1.165) is 38.0 Å². The molecule has 106 valence electrons. The number of likely N-dealkylation sites (tertiary alicyclic amines) is 1. The minimum atomic E-state index is -0.298. The highest BCUT2D eigenvalue weighted by Crippen LogP contribution is 2.61. The van der Waals surface area contributed by atoms with Crippen molar-refractivity contribution in [3.8, 4) is 5.75 Å². The van der Waals surface area contributed by atoms with E-state index < -0.39 is 0 Å². The second-order valence-electron chi connectivity index (χ2n) is 7.12. The lowest BCUT2D eigenvalue weighted by atomic mass is 9.51. The predicted octanol–water partition coefficient (Wildman–Crippen LogP) is 1.72. The fourth-order valence-electron chi connectivity index (χ4n) is 5.68. The Morgan fingerprint density at radius 1 is 1.35 bits per heavy atom. The molecule has 5 atom stereocenters. The first-order chi connectivity index (χ1) is 9.72. The number of rotatable bonds is 0. The summed E-state index contributed by atoms with van der Waals surface area (Å²) in [6.45, 7) is 1.13. The quantitative estimate of drug-likeness (QED) is 0.780. The molecule has 3 nitrogen and oxygen atoms in total. The van der Waals surface area contributed by atoms with Crippen molar-refractivity contribution in [2.45, 2.75) is 49.3 Å². The molecule has 2 bridgehead atoms. The molecular formula is C17H21NO2. The fourth-order valence-corrected chi connectivity index (χ4v) is 5.68. The van der Waals surface area contributed by atoms with Crippen LogP contribution in [0.4, 0.5) is 0 Å². The normalized spacial score (nSPS) is 44.9. The number of hydrogen-bond donors (Lipinski definition) is 1. The van der Waals surface area contributed by atoms with E-state index >= 15 is 0 Å². The Bertz CT molecular complexity index is 586. The number of benzene rings is 1. The maximum Gasteiger partial charge on any atom is 0.135 e. The standard InChI is InChI=1S/C17H21NO2/c1-18-8-7-17-11-5-6-13(19)16(17)20-14-4-2-3-10(15(14)17)9-12(11)18/h2-4,11-13,16,19H,5-9H2,1H3/t11-,12+,13-,16-,17-/m0/s1. The van der Waals surface area contributed by atoms with Crippen LogP contribution in [-0.4, -0.2) is 41.8 Å². The molecule has 20 heavy (non-hydrogen) atoms. The summed E-state index contributed by atoms with van der Waals surface area (Å²) in [7, 11) is 2.27. The molecule has 2 aliphatic carbocycles. The average molecular weight is 271 g/mol. The van der Waals surface area contributed by atoms with Gasteiger partial charge in [0.05, 0.1) is 6.10 Å². The molecule has 3 heteroatoms. The van der Waals surface area contributed by atoms with Crippen LogP contribution in [0.2, 0.25) is 0 Å². The van der Waals surface area contributed by atoms with Crippen LogP contribution < -0.4 is 4.74 Å². The fraction of sp³-hybridized carbons (Fsp3) is 0.647. The van der Waals surface area contributed by atoms with Crippen molar-refractivity contribution in [3.63, 3.8) is 0 Å². The monoisotopic (exact) mass is 271 g/mol. The Morgan fingerprint density at radius 3 is 3.15 bits per heavy atom. The number of ether oxygens (including phenoxy) is 1. The smallest absolute Gasteiger partial charge is 0.135 e. The van der Waals surface area contributed by atoms with Crippen LogP contribution in [0.25, 0.3) is 0 Å². The van der Waals surface area contributed by atoms with Crippen molar-refractivity contribution in [3.05, 3.63) is 29.3 Å². The molecule has 5 rings (SSSR count). The highest BCUT2D eigenvalue weighted by molar-refractivity contribution is 5.55. The molecule has 0 unspecified atom stereocenters. The van der Waals surface area contributed by atoms with Crippen LogP contribution in [-0.2, 0) is 11.8 Å². The first-order valence-corrected chi connectivity index (χ1v) is 7.89. The van der Waals surface area contributed by atoms with Crippen molar-refractivity contribution >= 4 is 0 Å². The highest BCUT2D eigenvalue weighted by Gasteiger charge is 2.64.